The second kappa shape index (κ2) is 7.71. The molecule has 1 aliphatic rings. The van der Waals surface area contributed by atoms with Crippen molar-refractivity contribution in [3.63, 3.8) is 0 Å². The van der Waals surface area contributed by atoms with E-state index < -0.39 is 0 Å². The van der Waals surface area contributed by atoms with E-state index in [9.17, 15) is 9.90 Å². The number of ether oxygens (including phenoxy) is 1. The highest BCUT2D eigenvalue weighted by Crippen LogP contribution is 2.35. The summed E-state index contributed by atoms with van der Waals surface area (Å²) in [5.41, 5.74) is 0.738. The number of phenolic OH excluding ortho intramolecular Hbond substituents is 1. The van der Waals surface area contributed by atoms with Gasteiger partial charge < -0.3 is 9.84 Å². The van der Waals surface area contributed by atoms with Gasteiger partial charge >= 0.3 is 0 Å². The predicted molar refractivity (Wildman–Crippen MR) is 104 cm³/mol. The lowest BCUT2D eigenvalue weighted by Gasteiger charge is -2.11. The number of amidine groups is 1. The lowest BCUT2D eigenvalue weighted by atomic mass is 10.2. The van der Waals surface area contributed by atoms with Crippen LogP contribution in [0.3, 0.4) is 0 Å². The summed E-state index contributed by atoms with van der Waals surface area (Å²) in [5, 5.41) is 19.5. The summed E-state index contributed by atoms with van der Waals surface area (Å²) in [4.78, 5) is 19.2. The van der Waals surface area contributed by atoms with Gasteiger partial charge in [0.25, 0.3) is 5.91 Å². The van der Waals surface area contributed by atoms with Gasteiger partial charge in [-0.1, -0.05) is 23.5 Å². The molecule has 1 aliphatic heterocycles. The highest BCUT2D eigenvalue weighted by molar-refractivity contribution is 8.18. The number of rotatable bonds is 5. The molecule has 0 radical (unpaired) electrons. The number of phenols is 1. The van der Waals surface area contributed by atoms with E-state index in [0.29, 0.717) is 27.5 Å². The minimum absolute atomic E-state index is 0.0437. The molecule has 0 atom stereocenters. The van der Waals surface area contributed by atoms with Crippen molar-refractivity contribution in [2.75, 3.05) is 13.7 Å². The minimum Gasteiger partial charge on any atom is -0.504 e. The van der Waals surface area contributed by atoms with Crippen LogP contribution >= 0.6 is 23.1 Å². The quantitative estimate of drug-likeness (QED) is 0.624. The highest BCUT2D eigenvalue weighted by Gasteiger charge is 2.33. The average molecular weight is 388 g/mol. The minimum atomic E-state index is -0.165. The van der Waals surface area contributed by atoms with Gasteiger partial charge in [-0.3, -0.25) is 9.69 Å². The number of aromatic nitrogens is 2. The lowest BCUT2D eigenvalue weighted by Crippen LogP contribution is -2.29. The van der Waals surface area contributed by atoms with Gasteiger partial charge in [-0.05, 0) is 42.5 Å². The first kappa shape index (κ1) is 18.2. The van der Waals surface area contributed by atoms with E-state index in [1.165, 1.54) is 41.2 Å². The maximum absolute atomic E-state index is 12.7. The largest absolute Gasteiger partial charge is 0.504 e. The Kier molecular flexibility index (Phi) is 5.38. The smallest absolute Gasteiger partial charge is 0.267 e. The molecule has 7 nitrogen and oxygen atoms in total. The van der Waals surface area contributed by atoms with Crippen LogP contribution in [0.15, 0.2) is 40.8 Å². The third-order valence-corrected chi connectivity index (χ3v) is 5.15. The van der Waals surface area contributed by atoms with Gasteiger partial charge in [-0.25, -0.2) is 0 Å². The van der Waals surface area contributed by atoms with E-state index in [4.69, 9.17) is 4.74 Å². The fourth-order valence-corrected chi connectivity index (χ4v) is 3.84. The molecule has 0 saturated carbocycles. The fraction of sp³-hybridized carbons (Fsp3) is 0.176. The molecule has 0 bridgehead atoms. The molecular weight excluding hydrogens is 372 g/mol. The zero-order valence-electron chi connectivity index (χ0n) is 14.2. The molecule has 0 unspecified atom stereocenters. The Labute approximate surface area is 158 Å². The van der Waals surface area contributed by atoms with Crippen LogP contribution in [0.1, 0.15) is 10.6 Å². The van der Waals surface area contributed by atoms with Crippen molar-refractivity contribution in [1.29, 1.82) is 0 Å². The number of aryl methyl sites for hydroxylation is 1. The first-order valence-corrected chi connectivity index (χ1v) is 9.23. The molecule has 26 heavy (non-hydrogen) atoms. The first-order valence-electron chi connectivity index (χ1n) is 7.60. The zero-order valence-corrected chi connectivity index (χ0v) is 15.8. The molecule has 9 heteroatoms. The van der Waals surface area contributed by atoms with Crippen molar-refractivity contribution in [2.45, 2.75) is 6.92 Å². The van der Waals surface area contributed by atoms with Crippen LogP contribution < -0.4 is 4.74 Å². The molecule has 1 aromatic heterocycles. The molecule has 3 rings (SSSR count). The second-order valence-electron chi connectivity index (χ2n) is 5.24. The van der Waals surface area contributed by atoms with Crippen LogP contribution in [0.2, 0.25) is 0 Å². The Morgan fingerprint density at radius 1 is 1.42 bits per heavy atom. The summed E-state index contributed by atoms with van der Waals surface area (Å²) in [5.74, 6) is 0.222. The van der Waals surface area contributed by atoms with Crippen LogP contribution in [0, 0.1) is 6.92 Å². The van der Waals surface area contributed by atoms with Crippen LogP contribution in [0.5, 0.6) is 11.5 Å². The van der Waals surface area contributed by atoms with Crippen molar-refractivity contribution in [1.82, 2.24) is 15.1 Å². The lowest BCUT2D eigenvalue weighted by molar-refractivity contribution is -0.121. The highest BCUT2D eigenvalue weighted by atomic mass is 32.2. The number of carbonyl (C=O) groups is 1. The number of carbonyl (C=O) groups excluding carboxylic acids is 1. The Morgan fingerprint density at radius 3 is 2.88 bits per heavy atom. The van der Waals surface area contributed by atoms with Gasteiger partial charge in [0.2, 0.25) is 5.13 Å². The van der Waals surface area contributed by atoms with Crippen LogP contribution in [0.4, 0.5) is 5.13 Å². The van der Waals surface area contributed by atoms with Gasteiger partial charge in [0.1, 0.15) is 5.01 Å². The summed E-state index contributed by atoms with van der Waals surface area (Å²) in [6, 6.07) is 4.90. The maximum atomic E-state index is 12.7. The summed E-state index contributed by atoms with van der Waals surface area (Å²) >= 11 is 2.62. The molecule has 1 fully saturated rings. The van der Waals surface area contributed by atoms with Crippen molar-refractivity contribution in [2.24, 2.45) is 4.99 Å². The number of aromatic hydroxyl groups is 1. The van der Waals surface area contributed by atoms with E-state index in [1.807, 2.05) is 6.92 Å². The van der Waals surface area contributed by atoms with Gasteiger partial charge in [0.15, 0.2) is 16.7 Å². The number of benzene rings is 1. The third-order valence-electron chi connectivity index (χ3n) is 3.41. The Hall–Kier alpha value is -2.65. The normalized spacial score (nSPS) is 17.3. The summed E-state index contributed by atoms with van der Waals surface area (Å²) < 4.78 is 5.11. The van der Waals surface area contributed by atoms with E-state index >= 15 is 0 Å². The Bertz CT molecular complexity index is 920. The first-order chi connectivity index (χ1) is 12.5. The van der Waals surface area contributed by atoms with Gasteiger partial charge in [-0.15, -0.1) is 16.8 Å². The number of nitrogens with zero attached hydrogens (tertiary/aromatic N) is 4. The number of thioether (sulfide) groups is 1. The Morgan fingerprint density at radius 2 is 2.23 bits per heavy atom. The molecular formula is C17H16N4O3S2. The van der Waals surface area contributed by atoms with E-state index in [1.54, 1.807) is 24.3 Å². The number of hydrogen-bond donors (Lipinski definition) is 1. The molecule has 1 saturated heterocycles. The number of amides is 1. The molecule has 2 aromatic rings. The van der Waals surface area contributed by atoms with Crippen molar-refractivity contribution in [3.05, 3.63) is 46.3 Å². The molecule has 0 spiro atoms. The van der Waals surface area contributed by atoms with E-state index in [0.717, 1.165) is 10.6 Å². The topological polar surface area (TPSA) is 87.9 Å². The third kappa shape index (κ3) is 3.78. The number of methoxy groups -OCH3 is 1. The van der Waals surface area contributed by atoms with Gasteiger partial charge in [-0.2, -0.15) is 4.99 Å². The molecule has 134 valence electrons. The maximum Gasteiger partial charge on any atom is 0.267 e. The van der Waals surface area contributed by atoms with Gasteiger partial charge in [0, 0.05) is 6.54 Å². The fourth-order valence-electron chi connectivity index (χ4n) is 2.23. The number of hydrogen-bond acceptors (Lipinski definition) is 8. The van der Waals surface area contributed by atoms with Crippen molar-refractivity contribution in [3.8, 4) is 11.5 Å². The van der Waals surface area contributed by atoms with Crippen LogP contribution in [0.25, 0.3) is 6.08 Å². The van der Waals surface area contributed by atoms with E-state index in [-0.39, 0.29) is 11.7 Å². The molecule has 1 amide bonds. The van der Waals surface area contributed by atoms with Crippen LogP contribution in [-0.4, -0.2) is 44.9 Å². The SMILES string of the molecule is C=CCN1C(=O)/C(=C/c2ccc(O)c(OC)c2)S/C1=N/c1nnc(C)s1. The molecule has 2 heterocycles. The average Bonchev–Trinajstić information content (AvgIpc) is 3.15. The van der Waals surface area contributed by atoms with E-state index in [2.05, 4.69) is 21.8 Å². The van der Waals surface area contributed by atoms with Gasteiger partial charge in [0.05, 0.1) is 12.0 Å². The molecule has 0 aliphatic carbocycles. The molecule has 1 N–H and O–H groups in total. The predicted octanol–water partition coefficient (Wildman–Crippen LogP) is 3.35. The second-order valence-corrected chi connectivity index (χ2v) is 7.41. The Balaban J connectivity index is 1.95. The van der Waals surface area contributed by atoms with Crippen molar-refractivity contribution >= 4 is 45.4 Å². The summed E-state index contributed by atoms with van der Waals surface area (Å²) in [7, 11) is 1.47. The summed E-state index contributed by atoms with van der Waals surface area (Å²) in [6.45, 7) is 5.89. The van der Waals surface area contributed by atoms with Crippen LogP contribution in [-0.2, 0) is 4.79 Å². The summed E-state index contributed by atoms with van der Waals surface area (Å²) in [6.07, 6.45) is 3.38. The number of aliphatic imine (C=N–C) groups is 1. The standard InChI is InChI=1S/C17H16N4O3S2/c1-4-7-21-15(23)14(9-11-5-6-12(22)13(8-11)24-3)26-17(21)18-16-20-19-10(2)25-16/h4-6,8-9,22H,1,7H2,2-3H3/b14-9-,18-17+. The monoisotopic (exact) mass is 388 g/mol. The van der Waals surface area contributed by atoms with Crippen molar-refractivity contribution < 1.29 is 14.6 Å². The molecule has 1 aromatic carbocycles. The zero-order chi connectivity index (χ0) is 18.7.